The molecular weight excluding hydrogens is 286 g/mol. The third kappa shape index (κ3) is 2.86. The van der Waals surface area contributed by atoms with Gasteiger partial charge in [0, 0.05) is 25.0 Å². The first-order chi connectivity index (χ1) is 10.5. The summed E-state index contributed by atoms with van der Waals surface area (Å²) in [5, 5.41) is 0. The van der Waals surface area contributed by atoms with Gasteiger partial charge in [0.1, 0.15) is 0 Å². The van der Waals surface area contributed by atoms with Crippen LogP contribution in [0.2, 0.25) is 0 Å². The second-order valence-corrected chi connectivity index (χ2v) is 6.64. The Morgan fingerprint density at radius 3 is 2.91 bits per heavy atom. The summed E-state index contributed by atoms with van der Waals surface area (Å²) >= 11 is 0. The third-order valence-corrected chi connectivity index (χ3v) is 5.00. The summed E-state index contributed by atoms with van der Waals surface area (Å²) in [7, 11) is 0. The van der Waals surface area contributed by atoms with E-state index in [1.807, 2.05) is 11.8 Å². The molecule has 2 fully saturated rings. The van der Waals surface area contributed by atoms with Crippen molar-refractivity contribution in [2.24, 2.45) is 17.6 Å². The van der Waals surface area contributed by atoms with E-state index in [0.717, 1.165) is 25.5 Å². The van der Waals surface area contributed by atoms with Gasteiger partial charge in [0.25, 0.3) is 0 Å². The van der Waals surface area contributed by atoms with Crippen molar-refractivity contribution in [3.8, 4) is 0 Å². The van der Waals surface area contributed by atoms with Gasteiger partial charge >= 0.3 is 0 Å². The van der Waals surface area contributed by atoms with Crippen LogP contribution in [-0.4, -0.2) is 29.9 Å². The van der Waals surface area contributed by atoms with Crippen LogP contribution in [0.5, 0.6) is 0 Å². The summed E-state index contributed by atoms with van der Waals surface area (Å²) in [5.74, 6) is -1.64. The number of halogens is 2. The monoisotopic (exact) mass is 308 g/mol. The van der Waals surface area contributed by atoms with Crippen LogP contribution in [0, 0.1) is 23.5 Å². The zero-order chi connectivity index (χ0) is 15.9. The Kier molecular flexibility index (Phi) is 4.17. The average molecular weight is 308 g/mol. The Labute approximate surface area is 129 Å². The predicted octanol–water partition coefficient (Wildman–Crippen LogP) is 2.65. The summed E-state index contributed by atoms with van der Waals surface area (Å²) in [6.07, 6.45) is 2.62. The van der Waals surface area contributed by atoms with Crippen LogP contribution < -0.4 is 5.73 Å². The number of amides is 1. The van der Waals surface area contributed by atoms with Gasteiger partial charge in [-0.1, -0.05) is 12.1 Å². The lowest BCUT2D eigenvalue weighted by Crippen LogP contribution is -2.45. The van der Waals surface area contributed by atoms with E-state index < -0.39 is 11.6 Å². The van der Waals surface area contributed by atoms with E-state index in [2.05, 4.69) is 0 Å². The number of nitrogens with two attached hydrogens (primary N) is 1. The molecule has 0 spiro atoms. The molecule has 1 aliphatic heterocycles. The number of carbonyl (C=O) groups excluding carboxylic acids is 1. The smallest absolute Gasteiger partial charge is 0.226 e. The molecule has 0 radical (unpaired) electrons. The Hall–Kier alpha value is -1.49. The van der Waals surface area contributed by atoms with Gasteiger partial charge in [0.15, 0.2) is 11.6 Å². The van der Waals surface area contributed by atoms with Crippen molar-refractivity contribution >= 4 is 5.91 Å². The van der Waals surface area contributed by atoms with E-state index >= 15 is 0 Å². The molecule has 1 aromatic carbocycles. The van der Waals surface area contributed by atoms with E-state index in [4.69, 9.17) is 5.73 Å². The first-order valence-corrected chi connectivity index (χ1v) is 7.97. The molecule has 1 aromatic rings. The van der Waals surface area contributed by atoms with Gasteiger partial charge < -0.3 is 10.6 Å². The molecule has 120 valence electrons. The molecule has 1 saturated carbocycles. The number of piperidine rings is 1. The first-order valence-electron chi connectivity index (χ1n) is 7.97. The molecule has 0 unspecified atom stereocenters. The van der Waals surface area contributed by atoms with Gasteiger partial charge in [0.05, 0.1) is 0 Å². The average Bonchev–Trinajstić information content (AvgIpc) is 3.29. The van der Waals surface area contributed by atoms with Gasteiger partial charge in [-0.15, -0.1) is 0 Å². The highest BCUT2D eigenvalue weighted by atomic mass is 19.2. The molecule has 22 heavy (non-hydrogen) atoms. The topological polar surface area (TPSA) is 46.3 Å². The second-order valence-electron chi connectivity index (χ2n) is 6.64. The van der Waals surface area contributed by atoms with Crippen molar-refractivity contribution in [1.82, 2.24) is 4.90 Å². The maximum Gasteiger partial charge on any atom is 0.226 e. The minimum absolute atomic E-state index is 0.0685. The summed E-state index contributed by atoms with van der Waals surface area (Å²) in [4.78, 5) is 14.4. The second kappa shape index (κ2) is 5.95. The number of nitrogens with zero attached hydrogens (tertiary/aromatic N) is 1. The van der Waals surface area contributed by atoms with E-state index in [-0.39, 0.29) is 23.8 Å². The molecule has 5 heteroatoms. The molecule has 1 saturated heterocycles. The van der Waals surface area contributed by atoms with Crippen molar-refractivity contribution in [3.63, 3.8) is 0 Å². The molecule has 0 bridgehead atoms. The zero-order valence-corrected chi connectivity index (χ0v) is 12.8. The molecule has 2 aliphatic rings. The Balaban J connectivity index is 1.66. The fourth-order valence-corrected chi connectivity index (χ4v) is 3.49. The van der Waals surface area contributed by atoms with Crippen LogP contribution in [0.3, 0.4) is 0 Å². The highest BCUT2D eigenvalue weighted by molar-refractivity contribution is 5.83. The Morgan fingerprint density at radius 1 is 1.41 bits per heavy atom. The lowest BCUT2D eigenvalue weighted by atomic mass is 9.92. The van der Waals surface area contributed by atoms with Gasteiger partial charge in [0.2, 0.25) is 5.91 Å². The fourth-order valence-electron chi connectivity index (χ4n) is 3.49. The van der Waals surface area contributed by atoms with E-state index in [9.17, 15) is 13.6 Å². The van der Waals surface area contributed by atoms with Gasteiger partial charge in [-0.05, 0) is 49.7 Å². The predicted molar refractivity (Wildman–Crippen MR) is 80.2 cm³/mol. The highest BCUT2D eigenvalue weighted by Gasteiger charge is 2.47. The van der Waals surface area contributed by atoms with E-state index in [1.165, 1.54) is 6.07 Å². The molecule has 4 atom stereocenters. The van der Waals surface area contributed by atoms with Gasteiger partial charge in [-0.3, -0.25) is 4.79 Å². The fraction of sp³-hybridized carbons (Fsp3) is 0.588. The first kappa shape index (κ1) is 15.4. The quantitative estimate of drug-likeness (QED) is 0.933. The summed E-state index contributed by atoms with van der Waals surface area (Å²) in [6, 6.07) is 4.26. The summed E-state index contributed by atoms with van der Waals surface area (Å²) < 4.78 is 27.1. The SMILES string of the molecule is C[C@H](N)[C@@H]1CCCN(C(=O)[C@@H]2C[C@H]2c2cccc(F)c2F)C1. The molecule has 0 aromatic heterocycles. The minimum Gasteiger partial charge on any atom is -0.342 e. The van der Waals surface area contributed by atoms with Crippen molar-refractivity contribution in [3.05, 3.63) is 35.4 Å². The summed E-state index contributed by atoms with van der Waals surface area (Å²) in [5.41, 5.74) is 6.28. The lowest BCUT2D eigenvalue weighted by molar-refractivity contribution is -0.134. The maximum absolute atomic E-state index is 13.8. The van der Waals surface area contributed by atoms with Crippen LogP contribution in [0.1, 0.15) is 37.7 Å². The highest BCUT2D eigenvalue weighted by Crippen LogP contribution is 2.49. The van der Waals surface area contributed by atoms with Crippen LogP contribution in [-0.2, 0) is 4.79 Å². The molecular formula is C17H22F2N2O. The van der Waals surface area contributed by atoms with Crippen molar-refractivity contribution in [1.29, 1.82) is 0 Å². The van der Waals surface area contributed by atoms with Gasteiger partial charge in [-0.2, -0.15) is 0 Å². The van der Waals surface area contributed by atoms with Crippen molar-refractivity contribution in [2.45, 2.75) is 38.1 Å². The molecule has 3 nitrogen and oxygen atoms in total. The molecule has 2 N–H and O–H groups in total. The standard InChI is InChI=1S/C17H22F2N2O/c1-10(20)11-4-3-7-21(9-11)17(22)14-8-13(14)12-5-2-6-15(18)16(12)19/h2,5-6,10-11,13-14H,3-4,7-9,20H2,1H3/t10-,11+,13-,14+/m0/s1. The van der Waals surface area contributed by atoms with Crippen LogP contribution >= 0.6 is 0 Å². The van der Waals surface area contributed by atoms with Crippen molar-refractivity contribution < 1.29 is 13.6 Å². The van der Waals surface area contributed by atoms with Crippen LogP contribution in [0.25, 0.3) is 0 Å². The van der Waals surface area contributed by atoms with E-state index in [1.54, 1.807) is 6.07 Å². The molecule has 3 rings (SSSR count). The number of carbonyl (C=O) groups is 1. The normalized spacial score (nSPS) is 29.3. The number of rotatable bonds is 3. The third-order valence-electron chi connectivity index (χ3n) is 5.00. The Morgan fingerprint density at radius 2 is 2.18 bits per heavy atom. The van der Waals surface area contributed by atoms with Crippen LogP contribution in [0.15, 0.2) is 18.2 Å². The number of likely N-dealkylation sites (tertiary alicyclic amines) is 1. The number of hydrogen-bond donors (Lipinski definition) is 1. The Bertz CT molecular complexity index is 576. The van der Waals surface area contributed by atoms with Gasteiger partial charge in [-0.25, -0.2) is 8.78 Å². The van der Waals surface area contributed by atoms with E-state index in [0.29, 0.717) is 24.4 Å². The molecule has 1 aliphatic carbocycles. The number of hydrogen-bond acceptors (Lipinski definition) is 2. The maximum atomic E-state index is 13.8. The number of benzene rings is 1. The summed E-state index contributed by atoms with van der Waals surface area (Å²) in [6.45, 7) is 3.41. The van der Waals surface area contributed by atoms with Crippen molar-refractivity contribution in [2.75, 3.05) is 13.1 Å². The molecule has 1 amide bonds. The van der Waals surface area contributed by atoms with Crippen LogP contribution in [0.4, 0.5) is 8.78 Å². The molecule has 1 heterocycles. The zero-order valence-electron chi connectivity index (χ0n) is 12.8. The minimum atomic E-state index is -0.842. The largest absolute Gasteiger partial charge is 0.342 e. The lowest BCUT2D eigenvalue weighted by Gasteiger charge is -2.34.